The summed E-state index contributed by atoms with van der Waals surface area (Å²) < 4.78 is 5.65. The van der Waals surface area contributed by atoms with Gasteiger partial charge >= 0.3 is 0 Å². The fourth-order valence-electron chi connectivity index (χ4n) is 2.33. The highest BCUT2D eigenvalue weighted by atomic mass is 16.3. The molecule has 0 saturated heterocycles. The average molecular weight is 258 g/mol. The summed E-state index contributed by atoms with van der Waals surface area (Å²) in [5.74, 6) is 0.428. The monoisotopic (exact) mass is 258 g/mol. The molecule has 0 unspecified atom stereocenters. The molecule has 1 aromatic carbocycles. The summed E-state index contributed by atoms with van der Waals surface area (Å²) in [7, 11) is 0. The van der Waals surface area contributed by atoms with Gasteiger partial charge in [0.25, 0.3) is 5.91 Å². The lowest BCUT2D eigenvalue weighted by Crippen LogP contribution is -2.34. The number of hydrogen-bond donors (Lipinski definition) is 1. The first-order chi connectivity index (χ1) is 9.29. The van der Waals surface area contributed by atoms with Crippen molar-refractivity contribution in [3.63, 3.8) is 0 Å². The molecule has 1 aromatic heterocycles. The van der Waals surface area contributed by atoms with E-state index in [0.29, 0.717) is 18.3 Å². The molecule has 0 bridgehead atoms. The van der Waals surface area contributed by atoms with Gasteiger partial charge in [-0.1, -0.05) is 18.2 Å². The molecule has 4 nitrogen and oxygen atoms in total. The van der Waals surface area contributed by atoms with Crippen molar-refractivity contribution in [1.82, 2.24) is 4.90 Å². The Bertz CT molecular complexity index is 554. The maximum absolute atomic E-state index is 12.5. The first-order valence-electron chi connectivity index (χ1n) is 6.79. The Hall–Kier alpha value is -1.81. The van der Waals surface area contributed by atoms with E-state index in [2.05, 4.69) is 0 Å². The van der Waals surface area contributed by atoms with E-state index in [1.54, 1.807) is 0 Å². The molecule has 1 heterocycles. The van der Waals surface area contributed by atoms with Crippen LogP contribution in [0.1, 0.15) is 29.8 Å². The highest BCUT2D eigenvalue weighted by Crippen LogP contribution is 2.29. The third-order valence-corrected chi connectivity index (χ3v) is 3.49. The maximum atomic E-state index is 12.5. The molecule has 2 aromatic rings. The second-order valence-electron chi connectivity index (χ2n) is 5.02. The van der Waals surface area contributed by atoms with Crippen molar-refractivity contribution in [1.29, 1.82) is 0 Å². The normalized spacial score (nSPS) is 14.8. The van der Waals surface area contributed by atoms with Crippen LogP contribution in [0.15, 0.2) is 34.7 Å². The predicted molar refractivity (Wildman–Crippen MR) is 73.9 cm³/mol. The topological polar surface area (TPSA) is 59.5 Å². The number of para-hydroxylation sites is 1. The molecule has 1 saturated carbocycles. The van der Waals surface area contributed by atoms with Crippen LogP contribution in [0.4, 0.5) is 0 Å². The van der Waals surface area contributed by atoms with Gasteiger partial charge in [-0.3, -0.25) is 4.79 Å². The summed E-state index contributed by atoms with van der Waals surface area (Å²) in [6.07, 6.45) is 3.02. The van der Waals surface area contributed by atoms with Gasteiger partial charge in [0.05, 0.1) is 0 Å². The molecule has 19 heavy (non-hydrogen) atoms. The molecule has 1 aliphatic rings. The molecule has 3 rings (SSSR count). The standard InChI is InChI=1S/C15H18N2O2/c16-8-3-9-17(12-6-7-12)15(18)14-10-11-4-1-2-5-13(11)19-14/h1-2,4-5,10,12H,3,6-9,16H2. The van der Waals surface area contributed by atoms with Gasteiger partial charge in [-0.25, -0.2) is 0 Å². The summed E-state index contributed by atoms with van der Waals surface area (Å²) in [4.78, 5) is 14.4. The Labute approximate surface area is 112 Å². The van der Waals surface area contributed by atoms with Crippen LogP contribution in [-0.2, 0) is 0 Å². The van der Waals surface area contributed by atoms with Crippen LogP contribution in [0, 0.1) is 0 Å². The van der Waals surface area contributed by atoms with Crippen LogP contribution in [0.2, 0.25) is 0 Å². The van der Waals surface area contributed by atoms with Crippen LogP contribution >= 0.6 is 0 Å². The molecule has 0 radical (unpaired) electrons. The van der Waals surface area contributed by atoms with E-state index in [1.807, 2.05) is 35.2 Å². The van der Waals surface area contributed by atoms with Crippen LogP contribution in [-0.4, -0.2) is 29.9 Å². The summed E-state index contributed by atoms with van der Waals surface area (Å²) in [5.41, 5.74) is 6.30. The minimum absolute atomic E-state index is 0.00727. The Balaban J connectivity index is 1.84. The zero-order valence-corrected chi connectivity index (χ0v) is 10.8. The number of benzene rings is 1. The van der Waals surface area contributed by atoms with E-state index < -0.39 is 0 Å². The first-order valence-corrected chi connectivity index (χ1v) is 6.79. The van der Waals surface area contributed by atoms with Gasteiger partial charge in [0.15, 0.2) is 5.76 Å². The summed E-state index contributed by atoms with van der Waals surface area (Å²) in [6.45, 7) is 1.33. The van der Waals surface area contributed by atoms with E-state index in [0.717, 1.165) is 36.8 Å². The van der Waals surface area contributed by atoms with Gasteiger partial charge < -0.3 is 15.1 Å². The number of nitrogens with zero attached hydrogens (tertiary/aromatic N) is 1. The number of hydrogen-bond acceptors (Lipinski definition) is 3. The lowest BCUT2D eigenvalue weighted by atomic mass is 10.2. The average Bonchev–Trinajstić information content (AvgIpc) is 3.17. The molecule has 100 valence electrons. The lowest BCUT2D eigenvalue weighted by molar-refractivity contribution is 0.0712. The predicted octanol–water partition coefficient (Wildman–Crippen LogP) is 2.39. The van der Waals surface area contributed by atoms with E-state index in [4.69, 9.17) is 10.2 Å². The minimum atomic E-state index is -0.00727. The van der Waals surface area contributed by atoms with E-state index in [9.17, 15) is 4.79 Å². The zero-order valence-electron chi connectivity index (χ0n) is 10.8. The quantitative estimate of drug-likeness (QED) is 0.895. The number of carbonyl (C=O) groups is 1. The fourth-order valence-corrected chi connectivity index (χ4v) is 2.33. The molecule has 2 N–H and O–H groups in total. The molecule has 1 fully saturated rings. The Morgan fingerprint density at radius 1 is 1.37 bits per heavy atom. The summed E-state index contributed by atoms with van der Waals surface area (Å²) >= 11 is 0. The van der Waals surface area contributed by atoms with E-state index >= 15 is 0 Å². The molecular formula is C15H18N2O2. The smallest absolute Gasteiger partial charge is 0.289 e. The molecule has 4 heteroatoms. The Morgan fingerprint density at radius 2 is 2.16 bits per heavy atom. The largest absolute Gasteiger partial charge is 0.451 e. The van der Waals surface area contributed by atoms with Crippen LogP contribution < -0.4 is 5.73 Å². The number of amides is 1. The van der Waals surface area contributed by atoms with Gasteiger partial charge in [-0.05, 0) is 37.9 Å². The minimum Gasteiger partial charge on any atom is -0.451 e. The third-order valence-electron chi connectivity index (χ3n) is 3.49. The van der Waals surface area contributed by atoms with Gasteiger partial charge in [0.1, 0.15) is 5.58 Å². The zero-order chi connectivity index (χ0) is 13.2. The molecule has 0 aliphatic heterocycles. The van der Waals surface area contributed by atoms with Crippen molar-refractivity contribution < 1.29 is 9.21 Å². The molecule has 1 amide bonds. The van der Waals surface area contributed by atoms with Gasteiger partial charge in [-0.15, -0.1) is 0 Å². The van der Waals surface area contributed by atoms with Crippen molar-refractivity contribution in [3.8, 4) is 0 Å². The van der Waals surface area contributed by atoms with Crippen molar-refractivity contribution >= 4 is 16.9 Å². The van der Waals surface area contributed by atoms with Crippen molar-refractivity contribution in [3.05, 3.63) is 36.1 Å². The summed E-state index contributed by atoms with van der Waals surface area (Å²) in [5, 5.41) is 0.973. The van der Waals surface area contributed by atoms with Crippen molar-refractivity contribution in [2.75, 3.05) is 13.1 Å². The molecule has 1 aliphatic carbocycles. The van der Waals surface area contributed by atoms with Crippen LogP contribution in [0.25, 0.3) is 11.0 Å². The summed E-state index contributed by atoms with van der Waals surface area (Å²) in [6, 6.07) is 9.90. The molecule has 0 atom stereocenters. The molecular weight excluding hydrogens is 240 g/mol. The van der Waals surface area contributed by atoms with Gasteiger partial charge in [0.2, 0.25) is 0 Å². The number of furan rings is 1. The Morgan fingerprint density at radius 3 is 2.84 bits per heavy atom. The second-order valence-corrected chi connectivity index (χ2v) is 5.02. The van der Waals surface area contributed by atoms with Crippen LogP contribution in [0.3, 0.4) is 0 Å². The van der Waals surface area contributed by atoms with E-state index in [1.165, 1.54) is 0 Å². The number of nitrogens with two attached hydrogens (primary N) is 1. The molecule has 0 spiro atoms. The highest BCUT2D eigenvalue weighted by molar-refractivity contribution is 5.96. The maximum Gasteiger partial charge on any atom is 0.289 e. The van der Waals surface area contributed by atoms with Gasteiger partial charge in [0, 0.05) is 18.0 Å². The Kier molecular flexibility index (Phi) is 3.25. The lowest BCUT2D eigenvalue weighted by Gasteiger charge is -2.20. The number of rotatable bonds is 5. The SMILES string of the molecule is NCCCN(C(=O)c1cc2ccccc2o1)C1CC1. The van der Waals surface area contributed by atoms with E-state index in [-0.39, 0.29) is 5.91 Å². The number of carbonyl (C=O) groups excluding carboxylic acids is 1. The fraction of sp³-hybridized carbons (Fsp3) is 0.400. The number of fused-ring (bicyclic) bond motifs is 1. The van der Waals surface area contributed by atoms with Crippen molar-refractivity contribution in [2.45, 2.75) is 25.3 Å². The van der Waals surface area contributed by atoms with Gasteiger partial charge in [-0.2, -0.15) is 0 Å². The first kappa shape index (κ1) is 12.2. The third kappa shape index (κ3) is 2.49. The van der Waals surface area contributed by atoms with Crippen LogP contribution in [0.5, 0.6) is 0 Å². The highest BCUT2D eigenvalue weighted by Gasteiger charge is 2.33. The van der Waals surface area contributed by atoms with Crippen molar-refractivity contribution in [2.24, 2.45) is 5.73 Å². The second kappa shape index (κ2) is 5.05.